The van der Waals surface area contributed by atoms with Crippen LogP contribution in [0, 0.1) is 5.92 Å². The number of benzene rings is 1. The van der Waals surface area contributed by atoms with Crippen molar-refractivity contribution in [1.82, 2.24) is 15.1 Å². The predicted molar refractivity (Wildman–Crippen MR) is 94.4 cm³/mol. The van der Waals surface area contributed by atoms with E-state index in [0.29, 0.717) is 15.6 Å². The third-order valence-corrected chi connectivity index (χ3v) is 5.28. The third-order valence-electron chi connectivity index (χ3n) is 4.74. The van der Waals surface area contributed by atoms with Crippen molar-refractivity contribution in [3.05, 3.63) is 33.8 Å². The molecule has 1 atom stereocenters. The number of halogens is 2. The van der Waals surface area contributed by atoms with Crippen molar-refractivity contribution in [2.24, 2.45) is 5.92 Å². The van der Waals surface area contributed by atoms with E-state index < -0.39 is 0 Å². The predicted octanol–water partition coefficient (Wildman–Crippen LogP) is 2.75. The summed E-state index contributed by atoms with van der Waals surface area (Å²) >= 11 is 12.0. The van der Waals surface area contributed by atoms with E-state index >= 15 is 0 Å². The summed E-state index contributed by atoms with van der Waals surface area (Å²) in [5.74, 6) is 0.752. The highest BCUT2D eigenvalue weighted by molar-refractivity contribution is 6.36. The lowest BCUT2D eigenvalue weighted by atomic mass is 9.99. The second-order valence-electron chi connectivity index (χ2n) is 6.43. The zero-order valence-electron chi connectivity index (χ0n) is 13.2. The standard InChI is InChI=1S/C17H23Cl2N3O/c18-14-3-4-15(16(19)10-14)17(23)22-8-6-21(7-9-22)12-13-2-1-5-20-11-13/h3-4,10,13,20H,1-2,5-9,11-12H2. The van der Waals surface area contributed by atoms with Gasteiger partial charge in [-0.1, -0.05) is 23.2 Å². The number of carbonyl (C=O) groups is 1. The maximum absolute atomic E-state index is 12.6. The van der Waals surface area contributed by atoms with Gasteiger partial charge < -0.3 is 10.2 Å². The number of piperidine rings is 1. The van der Waals surface area contributed by atoms with Crippen molar-refractivity contribution >= 4 is 29.1 Å². The lowest BCUT2D eigenvalue weighted by molar-refractivity contribution is 0.0610. The van der Waals surface area contributed by atoms with Crippen LogP contribution in [0.15, 0.2) is 18.2 Å². The lowest BCUT2D eigenvalue weighted by Crippen LogP contribution is -2.50. The van der Waals surface area contributed by atoms with Gasteiger partial charge in [-0.2, -0.15) is 0 Å². The molecule has 1 N–H and O–H groups in total. The number of amides is 1. The molecule has 6 heteroatoms. The SMILES string of the molecule is O=C(c1ccc(Cl)cc1Cl)N1CCN(CC2CCCNC2)CC1. The Labute approximate surface area is 147 Å². The van der Waals surface area contributed by atoms with E-state index in [1.807, 2.05) is 4.90 Å². The Bertz CT molecular complexity index is 553. The highest BCUT2D eigenvalue weighted by atomic mass is 35.5. The fourth-order valence-electron chi connectivity index (χ4n) is 3.41. The summed E-state index contributed by atoms with van der Waals surface area (Å²) in [6, 6.07) is 5.06. The molecule has 126 valence electrons. The van der Waals surface area contributed by atoms with E-state index in [0.717, 1.165) is 51.7 Å². The number of nitrogens with one attached hydrogen (secondary N) is 1. The molecule has 1 aromatic carbocycles. The van der Waals surface area contributed by atoms with Gasteiger partial charge in [0.25, 0.3) is 5.91 Å². The van der Waals surface area contributed by atoms with Crippen molar-refractivity contribution in [1.29, 1.82) is 0 Å². The Kier molecular flexibility index (Phi) is 5.81. The normalized spacial score (nSPS) is 23.0. The lowest BCUT2D eigenvalue weighted by Gasteiger charge is -2.37. The minimum absolute atomic E-state index is 0.00523. The van der Waals surface area contributed by atoms with E-state index in [1.165, 1.54) is 12.8 Å². The van der Waals surface area contributed by atoms with E-state index in [4.69, 9.17) is 23.2 Å². The Morgan fingerprint density at radius 3 is 2.65 bits per heavy atom. The second kappa shape index (κ2) is 7.84. The maximum Gasteiger partial charge on any atom is 0.255 e. The molecule has 0 bridgehead atoms. The van der Waals surface area contributed by atoms with Gasteiger partial charge in [-0.05, 0) is 50.0 Å². The average molecular weight is 356 g/mol. The number of nitrogens with zero attached hydrogens (tertiary/aromatic N) is 2. The minimum atomic E-state index is 0.00523. The van der Waals surface area contributed by atoms with Crippen LogP contribution in [0.3, 0.4) is 0 Å². The molecule has 1 unspecified atom stereocenters. The van der Waals surface area contributed by atoms with Crippen LogP contribution in [0.4, 0.5) is 0 Å². The van der Waals surface area contributed by atoms with Crippen LogP contribution in [0.25, 0.3) is 0 Å². The molecule has 0 aromatic heterocycles. The first-order valence-corrected chi connectivity index (χ1v) is 9.06. The fourth-order valence-corrected chi connectivity index (χ4v) is 3.90. The summed E-state index contributed by atoms with van der Waals surface area (Å²) in [6.07, 6.45) is 2.59. The summed E-state index contributed by atoms with van der Waals surface area (Å²) in [4.78, 5) is 17.0. The van der Waals surface area contributed by atoms with Crippen molar-refractivity contribution in [2.45, 2.75) is 12.8 Å². The van der Waals surface area contributed by atoms with Crippen molar-refractivity contribution in [3.63, 3.8) is 0 Å². The summed E-state index contributed by atoms with van der Waals surface area (Å²) in [5.41, 5.74) is 0.543. The van der Waals surface area contributed by atoms with E-state index in [9.17, 15) is 4.79 Å². The zero-order valence-corrected chi connectivity index (χ0v) is 14.7. The number of hydrogen-bond acceptors (Lipinski definition) is 3. The molecule has 1 amide bonds. The van der Waals surface area contributed by atoms with Gasteiger partial charge in [0.2, 0.25) is 0 Å². The Hall–Kier alpha value is -0.810. The average Bonchev–Trinajstić information content (AvgIpc) is 2.56. The Morgan fingerprint density at radius 2 is 2.00 bits per heavy atom. The number of carbonyl (C=O) groups excluding carboxylic acids is 1. The smallest absolute Gasteiger partial charge is 0.255 e. The highest BCUT2D eigenvalue weighted by Crippen LogP contribution is 2.23. The van der Waals surface area contributed by atoms with Crippen LogP contribution >= 0.6 is 23.2 Å². The molecule has 0 radical (unpaired) electrons. The number of piperazine rings is 1. The van der Waals surface area contributed by atoms with Gasteiger partial charge >= 0.3 is 0 Å². The van der Waals surface area contributed by atoms with Gasteiger partial charge in [-0.15, -0.1) is 0 Å². The Morgan fingerprint density at radius 1 is 1.22 bits per heavy atom. The second-order valence-corrected chi connectivity index (χ2v) is 7.27. The van der Waals surface area contributed by atoms with Gasteiger partial charge in [0, 0.05) is 37.7 Å². The fraction of sp³-hybridized carbons (Fsp3) is 0.588. The van der Waals surface area contributed by atoms with Crippen molar-refractivity contribution < 1.29 is 4.79 Å². The highest BCUT2D eigenvalue weighted by Gasteiger charge is 2.25. The van der Waals surface area contributed by atoms with E-state index in [2.05, 4.69) is 10.2 Å². The first-order chi connectivity index (χ1) is 11.1. The Balaban J connectivity index is 1.52. The van der Waals surface area contributed by atoms with Gasteiger partial charge in [-0.25, -0.2) is 0 Å². The van der Waals surface area contributed by atoms with Gasteiger partial charge in [0.05, 0.1) is 10.6 Å². The van der Waals surface area contributed by atoms with Crippen molar-refractivity contribution in [3.8, 4) is 0 Å². The summed E-state index contributed by atoms with van der Waals surface area (Å²) in [6.45, 7) is 6.81. The van der Waals surface area contributed by atoms with E-state index in [1.54, 1.807) is 18.2 Å². The molecule has 2 fully saturated rings. The molecule has 2 saturated heterocycles. The molecule has 2 heterocycles. The van der Waals surface area contributed by atoms with Crippen LogP contribution in [0.2, 0.25) is 10.0 Å². The van der Waals surface area contributed by atoms with E-state index in [-0.39, 0.29) is 5.91 Å². The molecular weight excluding hydrogens is 333 g/mol. The molecule has 1 aromatic rings. The molecule has 3 rings (SSSR count). The summed E-state index contributed by atoms with van der Waals surface area (Å²) in [7, 11) is 0. The van der Waals surface area contributed by atoms with Crippen LogP contribution in [0.1, 0.15) is 23.2 Å². The minimum Gasteiger partial charge on any atom is -0.336 e. The summed E-state index contributed by atoms with van der Waals surface area (Å²) < 4.78 is 0. The van der Waals surface area contributed by atoms with Gasteiger partial charge in [0.15, 0.2) is 0 Å². The molecule has 4 nitrogen and oxygen atoms in total. The number of rotatable bonds is 3. The topological polar surface area (TPSA) is 35.6 Å². The summed E-state index contributed by atoms with van der Waals surface area (Å²) in [5, 5.41) is 4.45. The van der Waals surface area contributed by atoms with Crippen LogP contribution in [-0.2, 0) is 0 Å². The zero-order chi connectivity index (χ0) is 16.2. The first-order valence-electron chi connectivity index (χ1n) is 8.31. The monoisotopic (exact) mass is 355 g/mol. The molecule has 0 spiro atoms. The molecule has 0 aliphatic carbocycles. The van der Waals surface area contributed by atoms with Crippen LogP contribution in [-0.4, -0.2) is 61.5 Å². The molecular formula is C17H23Cl2N3O. The van der Waals surface area contributed by atoms with Crippen LogP contribution < -0.4 is 5.32 Å². The largest absolute Gasteiger partial charge is 0.336 e. The van der Waals surface area contributed by atoms with Gasteiger partial charge in [-0.3, -0.25) is 9.69 Å². The molecule has 0 saturated carbocycles. The van der Waals surface area contributed by atoms with Gasteiger partial charge in [0.1, 0.15) is 0 Å². The maximum atomic E-state index is 12.6. The number of hydrogen-bond donors (Lipinski definition) is 1. The van der Waals surface area contributed by atoms with Crippen molar-refractivity contribution in [2.75, 3.05) is 45.8 Å². The molecule has 23 heavy (non-hydrogen) atoms. The quantitative estimate of drug-likeness (QED) is 0.905. The first kappa shape index (κ1) is 17.0. The third kappa shape index (κ3) is 4.38. The molecule has 2 aliphatic rings. The van der Waals surface area contributed by atoms with Crippen LogP contribution in [0.5, 0.6) is 0 Å². The molecule has 2 aliphatic heterocycles.